The highest BCUT2D eigenvalue weighted by molar-refractivity contribution is 6.30. The molecule has 0 saturated carbocycles. The van der Waals surface area contributed by atoms with E-state index in [2.05, 4.69) is 25.7 Å². The molecule has 4 aromatic rings. The van der Waals surface area contributed by atoms with E-state index in [1.807, 2.05) is 13.8 Å². The average Bonchev–Trinajstić information content (AvgIpc) is 3.62. The summed E-state index contributed by atoms with van der Waals surface area (Å²) >= 11 is 11.5. The summed E-state index contributed by atoms with van der Waals surface area (Å²) in [7, 11) is 0. The number of carbonyl (C=O) groups is 2. The second kappa shape index (κ2) is 14.8. The molecule has 0 aliphatic carbocycles. The largest absolute Gasteiger partial charge is 0.477 e. The Bertz CT molecular complexity index is 2000. The fourth-order valence-electron chi connectivity index (χ4n) is 6.55. The third-order valence-electron chi connectivity index (χ3n) is 8.99. The maximum atomic E-state index is 12.9. The van der Waals surface area contributed by atoms with E-state index < -0.39 is 11.4 Å². The first-order valence-electron chi connectivity index (χ1n) is 16.2. The molecule has 4 saturated heterocycles. The van der Waals surface area contributed by atoms with Gasteiger partial charge in [0.25, 0.3) is 5.91 Å². The van der Waals surface area contributed by atoms with E-state index in [4.69, 9.17) is 37.8 Å². The van der Waals surface area contributed by atoms with Gasteiger partial charge in [-0.1, -0.05) is 23.2 Å². The van der Waals surface area contributed by atoms with Crippen molar-refractivity contribution in [2.24, 2.45) is 0 Å². The Balaban J connectivity index is 0.000000144. The van der Waals surface area contributed by atoms with E-state index in [1.54, 1.807) is 20.2 Å². The molecule has 15 nitrogen and oxygen atoms in total. The Labute approximate surface area is 290 Å². The number of hydrogen-bond donors (Lipinski definition) is 2. The lowest BCUT2D eigenvalue weighted by Crippen LogP contribution is -2.47. The molecule has 0 aromatic carbocycles. The first-order valence-corrected chi connectivity index (χ1v) is 17.0. The predicted molar refractivity (Wildman–Crippen MR) is 180 cm³/mol. The molecule has 4 unspecified atom stereocenters. The van der Waals surface area contributed by atoms with E-state index in [1.165, 1.54) is 31.2 Å². The van der Waals surface area contributed by atoms with Crippen molar-refractivity contribution in [3.63, 3.8) is 0 Å². The topological polar surface area (TPSA) is 184 Å². The lowest BCUT2D eigenvalue weighted by molar-refractivity contribution is -0.0304. The van der Waals surface area contributed by atoms with Gasteiger partial charge >= 0.3 is 5.97 Å². The van der Waals surface area contributed by atoms with Crippen LogP contribution in [-0.4, -0.2) is 102 Å². The second-order valence-corrected chi connectivity index (χ2v) is 13.0. The van der Waals surface area contributed by atoms with Gasteiger partial charge in [0.15, 0.2) is 21.6 Å². The third kappa shape index (κ3) is 7.45. The van der Waals surface area contributed by atoms with Crippen LogP contribution in [0.5, 0.6) is 0 Å². The van der Waals surface area contributed by atoms with Crippen LogP contribution in [0.15, 0.2) is 34.1 Å². The molecule has 1 amide bonds. The lowest BCUT2D eigenvalue weighted by Gasteiger charge is -2.32. The van der Waals surface area contributed by atoms with Crippen LogP contribution < -0.4 is 16.2 Å². The SMILES string of the molecule is C1CC2CNCC1O2.CCn1cc(C(=O)N2CC3CCC(C2)O3)c(=O)c2cc(Cl)nnc21.CCn1cc(C(=O)O)c(=O)c2cc(Cl)nnc21. The summed E-state index contributed by atoms with van der Waals surface area (Å²) in [6.07, 6.45) is 8.59. The minimum atomic E-state index is -1.27. The van der Waals surface area contributed by atoms with Crippen LogP contribution >= 0.6 is 23.2 Å². The van der Waals surface area contributed by atoms with Gasteiger partial charge in [-0.15, -0.1) is 20.4 Å². The minimum Gasteiger partial charge on any atom is -0.477 e. The molecule has 260 valence electrons. The number of likely N-dealkylation sites (tertiary alicyclic amines) is 1. The Hall–Kier alpha value is -4.02. The molecule has 4 aliphatic heterocycles. The number of aryl methyl sites for hydroxylation is 2. The van der Waals surface area contributed by atoms with Crippen LogP contribution in [-0.2, 0) is 22.6 Å². The van der Waals surface area contributed by atoms with Crippen molar-refractivity contribution >= 4 is 57.1 Å². The number of carboxylic acids is 1. The molecular weight excluding hydrogens is 679 g/mol. The molecule has 2 N–H and O–H groups in total. The highest BCUT2D eigenvalue weighted by atomic mass is 35.5. The van der Waals surface area contributed by atoms with Gasteiger partial charge in [0, 0.05) is 51.7 Å². The number of aromatic carboxylic acids is 1. The van der Waals surface area contributed by atoms with E-state index in [0.717, 1.165) is 25.9 Å². The zero-order chi connectivity index (χ0) is 34.8. The molecule has 4 aromatic heterocycles. The molecular formula is C32H36Cl2N8O7. The number of rotatable bonds is 4. The first-order chi connectivity index (χ1) is 23.6. The Morgan fingerprint density at radius 3 is 1.69 bits per heavy atom. The van der Waals surface area contributed by atoms with Crippen LogP contribution in [0.2, 0.25) is 10.3 Å². The maximum absolute atomic E-state index is 12.9. The van der Waals surface area contributed by atoms with Crippen molar-refractivity contribution in [2.45, 2.75) is 77.0 Å². The molecule has 17 heteroatoms. The number of ether oxygens (including phenoxy) is 2. The summed E-state index contributed by atoms with van der Waals surface area (Å²) in [6.45, 7) is 8.01. The van der Waals surface area contributed by atoms with Crippen molar-refractivity contribution in [3.05, 3.63) is 66.4 Å². The standard InChI is InChI=1S/C16H17ClN4O3.C10H8ClN3O3.C6H11NO/c1-2-20-8-12(14(22)11-5-13(17)18-19-15(11)20)16(23)21-6-9-3-4-10(7-21)24-9;1-2-14-4-6(10(16)17)8(15)5-3-7(11)12-13-9(5)14;1-2-6-4-7-3-5(1)8-6/h5,8-10H,2-4,6-7H2,1H3;3-4H,2H2,1H3,(H,16,17);5-7H,1-4H2. The van der Waals surface area contributed by atoms with Crippen molar-refractivity contribution in [1.29, 1.82) is 0 Å². The van der Waals surface area contributed by atoms with Crippen LogP contribution in [0.4, 0.5) is 0 Å². The molecule has 8 heterocycles. The van der Waals surface area contributed by atoms with Gasteiger partial charge in [-0.2, -0.15) is 0 Å². The molecule has 4 atom stereocenters. The Morgan fingerprint density at radius 2 is 1.22 bits per heavy atom. The third-order valence-corrected chi connectivity index (χ3v) is 9.36. The zero-order valence-electron chi connectivity index (χ0n) is 27.0. The van der Waals surface area contributed by atoms with Gasteiger partial charge in [-0.25, -0.2) is 4.79 Å². The summed E-state index contributed by atoms with van der Waals surface area (Å²) in [5.41, 5.74) is -0.347. The number of fused-ring (bicyclic) bond motifs is 6. The summed E-state index contributed by atoms with van der Waals surface area (Å²) in [5.74, 6) is -1.52. The maximum Gasteiger partial charge on any atom is 0.341 e. The highest BCUT2D eigenvalue weighted by Crippen LogP contribution is 2.27. The second-order valence-electron chi connectivity index (χ2n) is 12.2. The summed E-state index contributed by atoms with van der Waals surface area (Å²) in [4.78, 5) is 50.3. The van der Waals surface area contributed by atoms with Gasteiger partial charge in [-0.3, -0.25) is 14.4 Å². The fourth-order valence-corrected chi connectivity index (χ4v) is 6.84. The number of halogens is 2. The van der Waals surface area contributed by atoms with Crippen LogP contribution in [0.1, 0.15) is 60.2 Å². The van der Waals surface area contributed by atoms with Crippen molar-refractivity contribution in [3.8, 4) is 0 Å². The van der Waals surface area contributed by atoms with Crippen molar-refractivity contribution in [2.75, 3.05) is 26.2 Å². The number of carboxylic acid groups (broad SMARTS) is 1. The minimum absolute atomic E-state index is 0.0554. The Kier molecular flexibility index (Phi) is 10.6. The van der Waals surface area contributed by atoms with Crippen LogP contribution in [0.3, 0.4) is 0 Å². The van der Waals surface area contributed by atoms with E-state index >= 15 is 0 Å². The summed E-state index contributed by atoms with van der Waals surface area (Å²) in [5, 5.41) is 28.2. The first kappa shape index (κ1) is 34.8. The number of amides is 1. The van der Waals surface area contributed by atoms with Crippen molar-refractivity contribution in [1.82, 2.24) is 39.7 Å². The molecule has 4 fully saturated rings. The van der Waals surface area contributed by atoms with Gasteiger partial charge < -0.3 is 33.9 Å². The number of morpholine rings is 2. The quantitative estimate of drug-likeness (QED) is 0.316. The fraction of sp³-hybridized carbons (Fsp3) is 0.500. The number of carbonyl (C=O) groups excluding carboxylic acids is 1. The smallest absolute Gasteiger partial charge is 0.341 e. The number of hydrogen-bond acceptors (Lipinski definition) is 11. The van der Waals surface area contributed by atoms with Gasteiger partial charge in [0.1, 0.15) is 11.1 Å². The van der Waals surface area contributed by atoms with Crippen molar-refractivity contribution < 1.29 is 24.2 Å². The normalized spacial score (nSPS) is 22.3. The van der Waals surface area contributed by atoms with E-state index in [0.29, 0.717) is 55.1 Å². The number of pyridine rings is 2. The number of aromatic nitrogens is 6. The summed E-state index contributed by atoms with van der Waals surface area (Å²) < 4.78 is 14.6. The number of nitrogens with zero attached hydrogens (tertiary/aromatic N) is 7. The predicted octanol–water partition coefficient (Wildman–Crippen LogP) is 2.77. The molecule has 8 rings (SSSR count). The molecule has 0 radical (unpaired) electrons. The molecule has 4 bridgehead atoms. The van der Waals surface area contributed by atoms with Crippen LogP contribution in [0, 0.1) is 0 Å². The molecule has 49 heavy (non-hydrogen) atoms. The lowest BCUT2D eigenvalue weighted by atomic mass is 10.1. The van der Waals surface area contributed by atoms with E-state index in [-0.39, 0.29) is 50.4 Å². The van der Waals surface area contributed by atoms with Gasteiger partial charge in [0.2, 0.25) is 10.9 Å². The molecule has 4 aliphatic rings. The average molecular weight is 716 g/mol. The number of nitrogens with one attached hydrogen (secondary N) is 1. The van der Waals surface area contributed by atoms with Gasteiger partial charge in [-0.05, 0) is 51.7 Å². The van der Waals surface area contributed by atoms with E-state index in [9.17, 15) is 19.2 Å². The monoisotopic (exact) mass is 714 g/mol. The zero-order valence-corrected chi connectivity index (χ0v) is 28.5. The van der Waals surface area contributed by atoms with Crippen LogP contribution in [0.25, 0.3) is 22.1 Å². The summed E-state index contributed by atoms with van der Waals surface area (Å²) in [6, 6.07) is 2.79. The highest BCUT2D eigenvalue weighted by Gasteiger charge is 2.37. The molecule has 0 spiro atoms. The Morgan fingerprint density at radius 1 is 0.776 bits per heavy atom. The van der Waals surface area contributed by atoms with Gasteiger partial charge in [0.05, 0.1) is 35.2 Å².